The molecule has 0 amide bonds. The molecule has 0 saturated carbocycles. The van der Waals surface area contributed by atoms with Gasteiger partial charge in [0.2, 0.25) is 0 Å². The van der Waals surface area contributed by atoms with Gasteiger partial charge in [0.25, 0.3) is 0 Å². The zero-order chi connectivity index (χ0) is 13.0. The third kappa shape index (κ3) is 4.59. The average Bonchev–Trinajstić information content (AvgIpc) is 2.38. The lowest BCUT2D eigenvalue weighted by atomic mass is 10.3. The van der Waals surface area contributed by atoms with Crippen molar-refractivity contribution in [3.8, 4) is 0 Å². The van der Waals surface area contributed by atoms with Gasteiger partial charge in [-0.2, -0.15) is 10.2 Å². The number of pyridine rings is 1. The van der Waals surface area contributed by atoms with E-state index in [9.17, 15) is 0 Å². The quantitative estimate of drug-likeness (QED) is 0.426. The van der Waals surface area contributed by atoms with Gasteiger partial charge >= 0.3 is 0 Å². The molecule has 0 N–H and O–H groups in total. The van der Waals surface area contributed by atoms with Crippen LogP contribution in [0, 0.1) is 0 Å². The largest absolute Gasteiger partial charge is 1.00 e. The highest BCUT2D eigenvalue weighted by Crippen LogP contribution is 2.20. The predicted molar refractivity (Wildman–Crippen MR) is 72.6 cm³/mol. The second-order valence-corrected chi connectivity index (χ2v) is 4.33. The Kier molecular flexibility index (Phi) is 5.88. The fourth-order valence-electron chi connectivity index (χ4n) is 1.49. The number of hydrogen-bond donors (Lipinski definition) is 0. The highest BCUT2D eigenvalue weighted by Gasteiger charge is 1.96. The first-order valence-corrected chi connectivity index (χ1v) is 5.79. The number of halogens is 1. The molecule has 1 aromatic carbocycles. The number of nitrogens with zero attached hydrogens (tertiary/aromatic N) is 4. The molecule has 0 bridgehead atoms. The molecule has 1 heterocycles. The van der Waals surface area contributed by atoms with Crippen LogP contribution < -0.4 is 33.4 Å². The predicted octanol–water partition coefficient (Wildman–Crippen LogP) is -0.00350. The van der Waals surface area contributed by atoms with Crippen LogP contribution in [0.4, 0.5) is 17.1 Å². The Morgan fingerprint density at radius 3 is 1.79 bits per heavy atom. The number of azo groups is 1. The highest BCUT2D eigenvalue weighted by atomic mass is 127. The minimum atomic E-state index is 0. The zero-order valence-corrected chi connectivity index (χ0v) is 13.4. The van der Waals surface area contributed by atoms with Crippen molar-refractivity contribution in [3.63, 3.8) is 0 Å². The summed E-state index contributed by atoms with van der Waals surface area (Å²) >= 11 is 0. The lowest BCUT2D eigenvalue weighted by molar-refractivity contribution is -0.671. The molecule has 0 unspecified atom stereocenters. The number of rotatable bonds is 3. The van der Waals surface area contributed by atoms with Crippen LogP contribution >= 0.6 is 0 Å². The Morgan fingerprint density at radius 1 is 0.842 bits per heavy atom. The second-order valence-electron chi connectivity index (χ2n) is 4.33. The van der Waals surface area contributed by atoms with Gasteiger partial charge in [0.05, 0.1) is 11.4 Å². The normalized spacial score (nSPS) is 10.3. The Labute approximate surface area is 130 Å². The molecule has 0 aliphatic carbocycles. The van der Waals surface area contributed by atoms with E-state index in [0.717, 1.165) is 17.1 Å². The Morgan fingerprint density at radius 2 is 1.32 bits per heavy atom. The van der Waals surface area contributed by atoms with Gasteiger partial charge in [-0.3, -0.25) is 0 Å². The Bertz CT molecular complexity index is 532. The van der Waals surface area contributed by atoms with Gasteiger partial charge in [-0.15, -0.1) is 0 Å². The van der Waals surface area contributed by atoms with Crippen LogP contribution in [0.5, 0.6) is 0 Å². The van der Waals surface area contributed by atoms with E-state index in [2.05, 4.69) is 15.1 Å². The van der Waals surface area contributed by atoms with Crippen LogP contribution in [0.3, 0.4) is 0 Å². The van der Waals surface area contributed by atoms with Crippen molar-refractivity contribution in [2.24, 2.45) is 17.3 Å². The maximum atomic E-state index is 4.20. The lowest BCUT2D eigenvalue weighted by Gasteiger charge is -2.11. The average molecular weight is 368 g/mol. The van der Waals surface area contributed by atoms with E-state index in [1.54, 1.807) is 0 Å². The number of benzene rings is 1. The van der Waals surface area contributed by atoms with Crippen molar-refractivity contribution < 1.29 is 28.5 Å². The minimum Gasteiger partial charge on any atom is -1.00 e. The van der Waals surface area contributed by atoms with E-state index in [4.69, 9.17) is 0 Å². The van der Waals surface area contributed by atoms with Crippen LogP contribution in [-0.2, 0) is 7.05 Å². The number of aromatic nitrogens is 1. The molecule has 19 heavy (non-hydrogen) atoms. The van der Waals surface area contributed by atoms with Gasteiger partial charge < -0.3 is 28.9 Å². The maximum absolute atomic E-state index is 4.20. The van der Waals surface area contributed by atoms with E-state index in [1.807, 2.05) is 74.5 Å². The van der Waals surface area contributed by atoms with Crippen molar-refractivity contribution >= 4 is 17.1 Å². The molecule has 0 fully saturated rings. The Hall–Kier alpha value is -1.50. The number of hydrogen-bond acceptors (Lipinski definition) is 3. The molecular formula is C14H17IN4. The highest BCUT2D eigenvalue weighted by molar-refractivity contribution is 5.51. The number of anilines is 1. The van der Waals surface area contributed by atoms with Crippen molar-refractivity contribution in [2.75, 3.05) is 19.0 Å². The summed E-state index contributed by atoms with van der Waals surface area (Å²) in [4.78, 5) is 2.05. The maximum Gasteiger partial charge on any atom is 0.170 e. The molecule has 2 rings (SSSR count). The summed E-state index contributed by atoms with van der Waals surface area (Å²) in [6.07, 6.45) is 3.90. The molecule has 4 nitrogen and oxygen atoms in total. The lowest BCUT2D eigenvalue weighted by Crippen LogP contribution is -3.00. The molecule has 0 aliphatic rings. The van der Waals surface area contributed by atoms with Gasteiger partial charge in [-0.05, 0) is 24.3 Å². The van der Waals surface area contributed by atoms with E-state index in [-0.39, 0.29) is 24.0 Å². The van der Waals surface area contributed by atoms with E-state index < -0.39 is 0 Å². The van der Waals surface area contributed by atoms with Gasteiger partial charge in [0.15, 0.2) is 12.4 Å². The topological polar surface area (TPSA) is 31.8 Å². The third-order valence-electron chi connectivity index (χ3n) is 2.61. The minimum absolute atomic E-state index is 0. The van der Waals surface area contributed by atoms with Crippen molar-refractivity contribution in [3.05, 3.63) is 48.8 Å². The summed E-state index contributed by atoms with van der Waals surface area (Å²) in [6, 6.07) is 11.8. The smallest absolute Gasteiger partial charge is 0.170 e. The van der Waals surface area contributed by atoms with Crippen LogP contribution in [-0.4, -0.2) is 14.1 Å². The molecule has 0 aliphatic heterocycles. The van der Waals surface area contributed by atoms with Gasteiger partial charge in [-0.25, -0.2) is 4.57 Å². The molecule has 0 radical (unpaired) electrons. The standard InChI is InChI=1S/C14H17N4.HI/c1-17(2)14-6-4-12(5-7-14)15-16-13-8-10-18(3)11-9-13;/h4-11H,1-3H3;1H/q+1;/p-1. The summed E-state index contributed by atoms with van der Waals surface area (Å²) in [5.74, 6) is 0. The van der Waals surface area contributed by atoms with Crippen LogP contribution in [0.1, 0.15) is 0 Å². The fraction of sp³-hybridized carbons (Fsp3) is 0.214. The number of aryl methyl sites for hydroxylation is 1. The molecule has 100 valence electrons. The molecule has 1 aromatic heterocycles. The van der Waals surface area contributed by atoms with Crippen LogP contribution in [0.25, 0.3) is 0 Å². The Balaban J connectivity index is 0.00000180. The zero-order valence-electron chi connectivity index (χ0n) is 11.3. The monoisotopic (exact) mass is 368 g/mol. The fourth-order valence-corrected chi connectivity index (χ4v) is 1.49. The SMILES string of the molecule is CN(C)c1ccc(N=Nc2cc[n+](C)cc2)cc1.[I-]. The first-order chi connectivity index (χ1) is 8.65. The van der Waals surface area contributed by atoms with Gasteiger partial charge in [-0.1, -0.05) is 0 Å². The summed E-state index contributed by atoms with van der Waals surface area (Å²) in [7, 11) is 6.00. The van der Waals surface area contributed by atoms with Crippen LogP contribution in [0.2, 0.25) is 0 Å². The van der Waals surface area contributed by atoms with Gasteiger partial charge in [0.1, 0.15) is 7.05 Å². The summed E-state index contributed by atoms with van der Waals surface area (Å²) in [6.45, 7) is 0. The van der Waals surface area contributed by atoms with E-state index in [0.29, 0.717) is 0 Å². The second kappa shape index (κ2) is 7.18. The molecule has 0 saturated heterocycles. The van der Waals surface area contributed by atoms with E-state index in [1.165, 1.54) is 0 Å². The first-order valence-electron chi connectivity index (χ1n) is 5.79. The summed E-state index contributed by atoms with van der Waals surface area (Å²) < 4.78 is 1.96. The van der Waals surface area contributed by atoms with Crippen LogP contribution in [0.15, 0.2) is 59.0 Å². The van der Waals surface area contributed by atoms with Crippen molar-refractivity contribution in [1.82, 2.24) is 0 Å². The summed E-state index contributed by atoms with van der Waals surface area (Å²) in [5, 5.41) is 8.39. The van der Waals surface area contributed by atoms with Gasteiger partial charge in [0, 0.05) is 31.9 Å². The summed E-state index contributed by atoms with van der Waals surface area (Å²) in [5.41, 5.74) is 2.86. The molecular weight excluding hydrogens is 351 g/mol. The molecule has 0 spiro atoms. The third-order valence-corrected chi connectivity index (χ3v) is 2.61. The van der Waals surface area contributed by atoms with Crippen molar-refractivity contribution in [2.45, 2.75) is 0 Å². The van der Waals surface area contributed by atoms with E-state index >= 15 is 0 Å². The van der Waals surface area contributed by atoms with Crippen molar-refractivity contribution in [1.29, 1.82) is 0 Å². The molecule has 0 atom stereocenters. The molecule has 5 heteroatoms. The molecule has 2 aromatic rings. The first kappa shape index (κ1) is 15.6.